The molecule has 29 heavy (non-hydrogen) atoms. The van der Waals surface area contributed by atoms with Gasteiger partial charge in [0.1, 0.15) is 0 Å². The molecule has 0 aromatic rings. The number of ether oxygens (including phenoxy) is 1. The molecule has 1 aliphatic carbocycles. The molecule has 0 aliphatic heterocycles. The lowest BCUT2D eigenvalue weighted by molar-refractivity contribution is -0.102. The first-order valence-corrected chi connectivity index (χ1v) is 13.3. The zero-order chi connectivity index (χ0) is 21.4. The number of hydrogen-bond donors (Lipinski definition) is 0. The van der Waals surface area contributed by atoms with Gasteiger partial charge in [0, 0.05) is 0 Å². The van der Waals surface area contributed by atoms with Crippen molar-refractivity contribution >= 4 is 0 Å². The lowest BCUT2D eigenvalue weighted by Crippen LogP contribution is -2.37. The summed E-state index contributed by atoms with van der Waals surface area (Å²) < 4.78 is 6.80. The Labute approximate surface area is 184 Å². The van der Waals surface area contributed by atoms with Crippen LogP contribution in [0.5, 0.6) is 0 Å². The molecule has 0 bridgehead atoms. The van der Waals surface area contributed by atoms with E-state index in [1.807, 2.05) is 0 Å². The third-order valence-electron chi connectivity index (χ3n) is 6.88. The first-order valence-electron chi connectivity index (χ1n) is 13.3. The van der Waals surface area contributed by atoms with Gasteiger partial charge in [0.2, 0.25) is 0 Å². The fraction of sp³-hybridized carbons (Fsp3) is 0.929. The number of rotatable bonds is 17. The maximum atomic E-state index is 6.80. The highest BCUT2D eigenvalue weighted by Crippen LogP contribution is 2.34. The highest BCUT2D eigenvalue weighted by atomic mass is 16.5. The summed E-state index contributed by atoms with van der Waals surface area (Å²) in [7, 11) is 0. The van der Waals surface area contributed by atoms with E-state index in [9.17, 15) is 0 Å². The molecule has 2 atom stereocenters. The lowest BCUT2D eigenvalue weighted by Gasteiger charge is -2.38. The van der Waals surface area contributed by atoms with Gasteiger partial charge in [-0.1, -0.05) is 117 Å². The molecule has 0 N–H and O–H groups in total. The van der Waals surface area contributed by atoms with Crippen LogP contribution in [0.25, 0.3) is 0 Å². The highest BCUT2D eigenvalue weighted by Gasteiger charge is 2.31. The molecule has 0 aromatic carbocycles. The van der Waals surface area contributed by atoms with Gasteiger partial charge in [-0.05, 0) is 50.9 Å². The van der Waals surface area contributed by atoms with Crippen LogP contribution in [0.2, 0.25) is 0 Å². The van der Waals surface area contributed by atoms with Gasteiger partial charge in [0.05, 0.1) is 11.7 Å². The van der Waals surface area contributed by atoms with Gasteiger partial charge in [-0.15, -0.1) is 0 Å². The zero-order valence-electron chi connectivity index (χ0n) is 20.8. The molecular weight excluding hydrogens is 352 g/mol. The Hall–Kier alpha value is -0.300. The van der Waals surface area contributed by atoms with Crippen LogP contribution in [0.3, 0.4) is 0 Å². The van der Waals surface area contributed by atoms with Crippen LogP contribution in [-0.4, -0.2) is 11.7 Å². The van der Waals surface area contributed by atoms with Crippen LogP contribution in [-0.2, 0) is 4.74 Å². The third-order valence-corrected chi connectivity index (χ3v) is 6.88. The summed E-state index contributed by atoms with van der Waals surface area (Å²) in [5.41, 5.74) is 0.112. The van der Waals surface area contributed by atoms with E-state index in [2.05, 4.69) is 46.8 Å². The predicted molar refractivity (Wildman–Crippen MR) is 131 cm³/mol. The molecule has 1 rings (SSSR count). The molecule has 1 heteroatoms. The maximum absolute atomic E-state index is 6.80. The molecule has 172 valence electrons. The SMILES string of the molecule is CCCCCC/C=C/C(OC1(C)CCCCC1)C(C)CCCCCCCC(C)C. The standard InChI is InChI=1S/C28H54O/c1-6-7-8-9-13-17-22-27(29-28(5)23-18-14-19-24-28)26(4)21-16-12-10-11-15-20-25(2)3/h17,22,25-27H,6-16,18-21,23-24H2,1-5H3/b22-17+. The van der Waals surface area contributed by atoms with E-state index < -0.39 is 0 Å². The topological polar surface area (TPSA) is 9.23 Å². The zero-order valence-corrected chi connectivity index (χ0v) is 20.8. The largest absolute Gasteiger partial charge is 0.368 e. The van der Waals surface area contributed by atoms with Crippen molar-refractivity contribution in [2.75, 3.05) is 0 Å². The average Bonchev–Trinajstić information content (AvgIpc) is 2.69. The van der Waals surface area contributed by atoms with E-state index in [0.717, 1.165) is 5.92 Å². The molecule has 0 amide bonds. The minimum Gasteiger partial charge on any atom is -0.368 e. The molecule has 1 nitrogen and oxygen atoms in total. The predicted octanol–water partition coefficient (Wildman–Crippen LogP) is 9.64. The van der Waals surface area contributed by atoms with Crippen molar-refractivity contribution in [2.45, 2.75) is 155 Å². The first-order chi connectivity index (χ1) is 14.0. The van der Waals surface area contributed by atoms with Crippen molar-refractivity contribution in [2.24, 2.45) is 11.8 Å². The second-order valence-electron chi connectivity index (χ2n) is 10.6. The third kappa shape index (κ3) is 13.6. The molecule has 1 saturated carbocycles. The Balaban J connectivity index is 2.41. The Morgan fingerprint density at radius 3 is 2.07 bits per heavy atom. The molecule has 0 spiro atoms. The quantitative estimate of drug-likeness (QED) is 0.172. The molecule has 2 unspecified atom stereocenters. The van der Waals surface area contributed by atoms with Gasteiger partial charge in [0.25, 0.3) is 0 Å². The molecule has 0 saturated heterocycles. The van der Waals surface area contributed by atoms with E-state index in [0.29, 0.717) is 12.0 Å². The molecule has 0 heterocycles. The fourth-order valence-electron chi connectivity index (χ4n) is 4.72. The summed E-state index contributed by atoms with van der Waals surface area (Å²) in [5, 5.41) is 0. The van der Waals surface area contributed by atoms with Gasteiger partial charge >= 0.3 is 0 Å². The second kappa shape index (κ2) is 16.4. The Morgan fingerprint density at radius 1 is 0.793 bits per heavy atom. The van der Waals surface area contributed by atoms with E-state index in [-0.39, 0.29) is 5.60 Å². The number of hydrogen-bond acceptors (Lipinski definition) is 1. The van der Waals surface area contributed by atoms with Crippen LogP contribution >= 0.6 is 0 Å². The average molecular weight is 407 g/mol. The molecule has 0 radical (unpaired) electrons. The van der Waals surface area contributed by atoms with Crippen molar-refractivity contribution in [1.29, 1.82) is 0 Å². The maximum Gasteiger partial charge on any atom is 0.0788 e. The minimum atomic E-state index is 0.112. The molecule has 1 fully saturated rings. The van der Waals surface area contributed by atoms with Crippen LogP contribution in [0.1, 0.15) is 144 Å². The smallest absolute Gasteiger partial charge is 0.0788 e. The summed E-state index contributed by atoms with van der Waals surface area (Å²) in [5.74, 6) is 1.50. The van der Waals surface area contributed by atoms with Crippen molar-refractivity contribution in [1.82, 2.24) is 0 Å². The van der Waals surface area contributed by atoms with E-state index in [1.165, 1.54) is 109 Å². The lowest BCUT2D eigenvalue weighted by atomic mass is 9.85. The van der Waals surface area contributed by atoms with Crippen molar-refractivity contribution in [3.05, 3.63) is 12.2 Å². The van der Waals surface area contributed by atoms with Crippen molar-refractivity contribution in [3.8, 4) is 0 Å². The first kappa shape index (κ1) is 26.7. The van der Waals surface area contributed by atoms with Crippen LogP contribution in [0, 0.1) is 11.8 Å². The Kier molecular flexibility index (Phi) is 15.1. The fourth-order valence-corrected chi connectivity index (χ4v) is 4.72. The van der Waals surface area contributed by atoms with E-state index >= 15 is 0 Å². The van der Waals surface area contributed by atoms with Crippen molar-refractivity contribution < 1.29 is 4.74 Å². The van der Waals surface area contributed by atoms with Gasteiger partial charge < -0.3 is 4.74 Å². The monoisotopic (exact) mass is 406 g/mol. The van der Waals surface area contributed by atoms with Gasteiger partial charge in [-0.3, -0.25) is 0 Å². The van der Waals surface area contributed by atoms with E-state index in [4.69, 9.17) is 4.74 Å². The van der Waals surface area contributed by atoms with Crippen LogP contribution in [0.4, 0.5) is 0 Å². The molecular formula is C28H54O. The van der Waals surface area contributed by atoms with Crippen LogP contribution < -0.4 is 0 Å². The van der Waals surface area contributed by atoms with E-state index in [1.54, 1.807) is 0 Å². The summed E-state index contributed by atoms with van der Waals surface area (Å²) in [6.45, 7) is 11.8. The second-order valence-corrected chi connectivity index (χ2v) is 10.6. The summed E-state index contributed by atoms with van der Waals surface area (Å²) in [4.78, 5) is 0. The van der Waals surface area contributed by atoms with Gasteiger partial charge in [0.15, 0.2) is 0 Å². The van der Waals surface area contributed by atoms with Gasteiger partial charge in [-0.25, -0.2) is 0 Å². The minimum absolute atomic E-state index is 0.112. The molecule has 0 aromatic heterocycles. The van der Waals surface area contributed by atoms with Crippen LogP contribution in [0.15, 0.2) is 12.2 Å². The Bertz CT molecular complexity index is 391. The summed E-state index contributed by atoms with van der Waals surface area (Å²) in [6.07, 6.45) is 28.1. The number of unbranched alkanes of at least 4 members (excludes halogenated alkanes) is 8. The molecule has 1 aliphatic rings. The van der Waals surface area contributed by atoms with Crippen molar-refractivity contribution in [3.63, 3.8) is 0 Å². The Morgan fingerprint density at radius 2 is 1.41 bits per heavy atom. The number of allylic oxidation sites excluding steroid dienone is 1. The van der Waals surface area contributed by atoms with Gasteiger partial charge in [-0.2, -0.15) is 0 Å². The summed E-state index contributed by atoms with van der Waals surface area (Å²) in [6, 6.07) is 0. The highest BCUT2D eigenvalue weighted by molar-refractivity contribution is 4.95. The summed E-state index contributed by atoms with van der Waals surface area (Å²) >= 11 is 0. The normalized spacial score (nSPS) is 19.1.